The molecule has 122 valence electrons. The summed E-state index contributed by atoms with van der Waals surface area (Å²) in [4.78, 5) is 22.1. The third kappa shape index (κ3) is 5.94. The number of amides is 1. The number of nitro benzene ring substituents is 1. The maximum Gasteiger partial charge on any atom is 0.289 e. The normalized spacial score (nSPS) is 10.7. The number of carbonyl (C=O) groups excluding carboxylic acids is 1. The van der Waals surface area contributed by atoms with Gasteiger partial charge in [0.15, 0.2) is 0 Å². The van der Waals surface area contributed by atoms with Crippen molar-refractivity contribution in [3.05, 3.63) is 45.1 Å². The van der Waals surface area contributed by atoms with Gasteiger partial charge in [-0.25, -0.2) is 0 Å². The van der Waals surface area contributed by atoms with Crippen LogP contribution in [0.4, 0.5) is 11.4 Å². The Kier molecular flexibility index (Phi) is 7.53. The number of nitro groups is 1. The number of rotatable bonds is 8. The molecular formula is C14H15ClN4O4. The molecule has 1 aromatic carbocycles. The monoisotopic (exact) mass is 338 g/mol. The lowest BCUT2D eigenvalue weighted by atomic mass is 10.2. The molecule has 0 aromatic heterocycles. The van der Waals surface area contributed by atoms with E-state index in [1.807, 2.05) is 0 Å². The summed E-state index contributed by atoms with van der Waals surface area (Å²) in [5.74, 6) is -0.677. The van der Waals surface area contributed by atoms with E-state index in [0.29, 0.717) is 13.2 Å². The quantitative estimate of drug-likeness (QED) is 0.247. The molecule has 1 rings (SSSR count). The summed E-state index contributed by atoms with van der Waals surface area (Å²) in [6.07, 6.45) is 2.01. The summed E-state index contributed by atoms with van der Waals surface area (Å²) in [6, 6.07) is 5.59. The van der Waals surface area contributed by atoms with E-state index in [1.54, 1.807) is 13.2 Å². The molecule has 0 saturated heterocycles. The predicted molar refractivity (Wildman–Crippen MR) is 84.9 cm³/mol. The summed E-state index contributed by atoms with van der Waals surface area (Å²) in [7, 11) is 1.58. The second-order valence-electron chi connectivity index (χ2n) is 4.35. The molecule has 2 N–H and O–H groups in total. The van der Waals surface area contributed by atoms with Crippen LogP contribution >= 0.6 is 11.6 Å². The van der Waals surface area contributed by atoms with E-state index in [2.05, 4.69) is 10.6 Å². The highest BCUT2D eigenvalue weighted by atomic mass is 35.5. The van der Waals surface area contributed by atoms with Crippen molar-refractivity contribution in [3.8, 4) is 6.07 Å². The highest BCUT2D eigenvalue weighted by molar-refractivity contribution is 6.32. The molecule has 9 heteroatoms. The fraction of sp³-hybridized carbons (Fsp3) is 0.286. The van der Waals surface area contributed by atoms with E-state index in [-0.39, 0.29) is 22.0 Å². The second-order valence-corrected chi connectivity index (χ2v) is 4.75. The van der Waals surface area contributed by atoms with Crippen LogP contribution in [0.3, 0.4) is 0 Å². The van der Waals surface area contributed by atoms with E-state index in [0.717, 1.165) is 12.5 Å². The lowest BCUT2D eigenvalue weighted by Gasteiger charge is -2.05. The molecule has 0 aliphatic heterocycles. The highest BCUT2D eigenvalue weighted by Gasteiger charge is 2.15. The summed E-state index contributed by atoms with van der Waals surface area (Å²) < 4.78 is 4.87. The number of nitrogens with zero attached hydrogens (tertiary/aromatic N) is 2. The Morgan fingerprint density at radius 1 is 1.57 bits per heavy atom. The molecule has 23 heavy (non-hydrogen) atoms. The van der Waals surface area contributed by atoms with Gasteiger partial charge >= 0.3 is 0 Å². The standard InChI is InChI=1S/C14H15ClN4O4/c1-23-6-2-5-17-9-10(8-16)14(20)18-11-3-4-12(15)13(7-11)19(21)22/h3-4,7,9,17H,2,5-6H2,1H3,(H,18,20)/b10-9-. The van der Waals surface area contributed by atoms with Crippen LogP contribution < -0.4 is 10.6 Å². The number of nitriles is 1. The molecule has 1 amide bonds. The van der Waals surface area contributed by atoms with Gasteiger partial charge in [0.2, 0.25) is 0 Å². The molecule has 0 aliphatic rings. The molecule has 0 saturated carbocycles. The maximum absolute atomic E-state index is 12.0. The van der Waals surface area contributed by atoms with E-state index in [9.17, 15) is 14.9 Å². The minimum absolute atomic E-state index is 0.0381. The van der Waals surface area contributed by atoms with Gasteiger partial charge in [0.1, 0.15) is 16.7 Å². The number of hydrogen-bond acceptors (Lipinski definition) is 6. The first-order chi connectivity index (χ1) is 11.0. The third-order valence-corrected chi connectivity index (χ3v) is 3.00. The fourth-order valence-corrected chi connectivity index (χ4v) is 1.76. The Hall–Kier alpha value is -2.63. The summed E-state index contributed by atoms with van der Waals surface area (Å²) in [5, 5.41) is 25.0. The van der Waals surface area contributed by atoms with Crippen molar-refractivity contribution in [1.29, 1.82) is 5.26 Å². The molecule has 0 radical (unpaired) electrons. The first-order valence-corrected chi connectivity index (χ1v) is 6.95. The Morgan fingerprint density at radius 3 is 2.91 bits per heavy atom. The van der Waals surface area contributed by atoms with Crippen LogP contribution in [-0.4, -0.2) is 31.1 Å². The van der Waals surface area contributed by atoms with Crippen LogP contribution in [0.5, 0.6) is 0 Å². The van der Waals surface area contributed by atoms with Crippen molar-refractivity contribution >= 4 is 28.9 Å². The Morgan fingerprint density at radius 2 is 2.30 bits per heavy atom. The molecule has 8 nitrogen and oxygen atoms in total. The zero-order chi connectivity index (χ0) is 17.2. The Bertz CT molecular complexity index is 655. The zero-order valence-corrected chi connectivity index (χ0v) is 13.1. The molecule has 1 aromatic rings. The van der Waals surface area contributed by atoms with Gasteiger partial charge in [0, 0.05) is 38.2 Å². The van der Waals surface area contributed by atoms with E-state index >= 15 is 0 Å². The van der Waals surface area contributed by atoms with E-state index < -0.39 is 10.8 Å². The first kappa shape index (κ1) is 18.4. The summed E-state index contributed by atoms with van der Waals surface area (Å²) in [6.45, 7) is 1.10. The van der Waals surface area contributed by atoms with Gasteiger partial charge in [0.05, 0.1) is 4.92 Å². The predicted octanol–water partition coefficient (Wildman–Crippen LogP) is 2.22. The van der Waals surface area contributed by atoms with Gasteiger partial charge < -0.3 is 15.4 Å². The number of methoxy groups -OCH3 is 1. The van der Waals surface area contributed by atoms with Crippen molar-refractivity contribution in [3.63, 3.8) is 0 Å². The van der Waals surface area contributed by atoms with Crippen LogP contribution in [0.2, 0.25) is 5.02 Å². The van der Waals surface area contributed by atoms with Gasteiger partial charge in [-0.2, -0.15) is 5.26 Å². The minimum Gasteiger partial charge on any atom is -0.390 e. The van der Waals surface area contributed by atoms with Crippen molar-refractivity contribution in [2.24, 2.45) is 0 Å². The number of anilines is 1. The van der Waals surface area contributed by atoms with E-state index in [4.69, 9.17) is 21.6 Å². The SMILES string of the molecule is COCCCN/C=C(/C#N)C(=O)Nc1ccc(Cl)c([N+](=O)[O-])c1. The zero-order valence-electron chi connectivity index (χ0n) is 12.3. The lowest BCUT2D eigenvalue weighted by molar-refractivity contribution is -0.384. The summed E-state index contributed by atoms with van der Waals surface area (Å²) in [5.41, 5.74) is -0.309. The van der Waals surface area contributed by atoms with Gasteiger partial charge in [-0.05, 0) is 18.6 Å². The highest BCUT2D eigenvalue weighted by Crippen LogP contribution is 2.27. The molecule has 0 unspecified atom stereocenters. The molecule has 0 aliphatic carbocycles. The first-order valence-electron chi connectivity index (χ1n) is 6.57. The van der Waals surface area contributed by atoms with Crippen molar-refractivity contribution < 1.29 is 14.5 Å². The number of ether oxygens (including phenoxy) is 1. The molecule has 0 bridgehead atoms. The van der Waals surface area contributed by atoms with Crippen molar-refractivity contribution in [2.45, 2.75) is 6.42 Å². The molecule has 0 spiro atoms. The third-order valence-electron chi connectivity index (χ3n) is 2.68. The van der Waals surface area contributed by atoms with Gasteiger partial charge in [-0.3, -0.25) is 14.9 Å². The van der Waals surface area contributed by atoms with Crippen molar-refractivity contribution in [2.75, 3.05) is 25.6 Å². The number of nitrogens with one attached hydrogen (secondary N) is 2. The van der Waals surface area contributed by atoms with Crippen molar-refractivity contribution in [1.82, 2.24) is 5.32 Å². The van der Waals surface area contributed by atoms with Crippen LogP contribution in [0.15, 0.2) is 30.0 Å². The number of benzene rings is 1. The summed E-state index contributed by atoms with van der Waals surface area (Å²) >= 11 is 5.69. The van der Waals surface area contributed by atoms with Gasteiger partial charge in [0.25, 0.3) is 11.6 Å². The molecule has 0 heterocycles. The smallest absolute Gasteiger partial charge is 0.289 e. The average molecular weight is 339 g/mol. The number of carbonyl (C=O) groups is 1. The maximum atomic E-state index is 12.0. The Labute approximate surface area is 137 Å². The Balaban J connectivity index is 2.73. The lowest BCUT2D eigenvalue weighted by Crippen LogP contribution is -2.17. The largest absolute Gasteiger partial charge is 0.390 e. The topological polar surface area (TPSA) is 117 Å². The van der Waals surface area contributed by atoms with Crippen LogP contribution in [0.25, 0.3) is 0 Å². The molecule has 0 fully saturated rings. The molecular weight excluding hydrogens is 324 g/mol. The number of hydrogen-bond donors (Lipinski definition) is 2. The van der Waals surface area contributed by atoms with E-state index in [1.165, 1.54) is 18.3 Å². The average Bonchev–Trinajstić information content (AvgIpc) is 2.52. The van der Waals surface area contributed by atoms with Gasteiger partial charge in [-0.1, -0.05) is 11.6 Å². The number of halogens is 1. The van der Waals surface area contributed by atoms with Crippen LogP contribution in [0.1, 0.15) is 6.42 Å². The van der Waals surface area contributed by atoms with Gasteiger partial charge in [-0.15, -0.1) is 0 Å². The molecule has 0 atom stereocenters. The minimum atomic E-state index is -0.677. The fourth-order valence-electron chi connectivity index (χ4n) is 1.57. The van der Waals surface area contributed by atoms with Crippen LogP contribution in [0, 0.1) is 21.4 Å². The second kappa shape index (κ2) is 9.40. The van der Waals surface area contributed by atoms with Crippen LogP contribution in [-0.2, 0) is 9.53 Å².